The third kappa shape index (κ3) is 3.07. The van der Waals surface area contributed by atoms with Crippen molar-refractivity contribution in [2.75, 3.05) is 5.32 Å². The van der Waals surface area contributed by atoms with Gasteiger partial charge in [0, 0.05) is 12.1 Å². The van der Waals surface area contributed by atoms with Crippen molar-refractivity contribution in [1.82, 2.24) is 10.1 Å². The van der Waals surface area contributed by atoms with Crippen molar-refractivity contribution in [1.29, 1.82) is 0 Å². The Morgan fingerprint density at radius 1 is 1.38 bits per heavy atom. The lowest BCUT2D eigenvalue weighted by atomic mass is 10.0. The van der Waals surface area contributed by atoms with Crippen molar-refractivity contribution in [3.05, 3.63) is 40.9 Å². The van der Waals surface area contributed by atoms with Gasteiger partial charge in [-0.1, -0.05) is 19.0 Å². The molecule has 2 N–H and O–H groups in total. The summed E-state index contributed by atoms with van der Waals surface area (Å²) < 4.78 is 5.15. The zero-order valence-corrected chi connectivity index (χ0v) is 11.9. The number of carboxylic acid groups (broad SMARTS) is 1. The molecule has 0 saturated carbocycles. The van der Waals surface area contributed by atoms with Crippen LogP contribution in [0.3, 0.4) is 0 Å². The highest BCUT2D eigenvalue weighted by molar-refractivity contribution is 6.05. The Morgan fingerprint density at radius 3 is 2.71 bits per heavy atom. The number of nitrogens with zero attached hydrogens (tertiary/aromatic N) is 2. The summed E-state index contributed by atoms with van der Waals surface area (Å²) in [5.74, 6) is -0.857. The molecule has 7 nitrogen and oxygen atoms in total. The molecule has 0 bridgehead atoms. The van der Waals surface area contributed by atoms with E-state index in [1.807, 2.05) is 13.8 Å². The molecule has 0 saturated heterocycles. The van der Waals surface area contributed by atoms with Crippen LogP contribution in [0, 0.1) is 6.92 Å². The normalized spacial score (nSPS) is 10.7. The minimum atomic E-state index is -1.09. The molecule has 0 radical (unpaired) electrons. The second kappa shape index (κ2) is 5.74. The van der Waals surface area contributed by atoms with E-state index in [-0.39, 0.29) is 17.3 Å². The van der Waals surface area contributed by atoms with Crippen LogP contribution in [-0.2, 0) is 0 Å². The van der Waals surface area contributed by atoms with E-state index < -0.39 is 11.9 Å². The van der Waals surface area contributed by atoms with Crippen LogP contribution < -0.4 is 5.32 Å². The first kappa shape index (κ1) is 14.7. The Bertz CT molecular complexity index is 691. The molecule has 110 valence electrons. The number of carbonyl (C=O) groups excluding carboxylic acids is 1. The number of rotatable bonds is 4. The molecule has 2 aromatic rings. The lowest BCUT2D eigenvalue weighted by molar-refractivity contribution is 0.0696. The minimum Gasteiger partial charge on any atom is -0.478 e. The molecular weight excluding hydrogens is 274 g/mol. The van der Waals surface area contributed by atoms with E-state index in [0.29, 0.717) is 17.0 Å². The first-order valence-electron chi connectivity index (χ1n) is 6.37. The van der Waals surface area contributed by atoms with E-state index >= 15 is 0 Å². The number of aromatic nitrogens is 2. The Hall–Kier alpha value is -2.70. The lowest BCUT2D eigenvalue weighted by Crippen LogP contribution is -2.16. The van der Waals surface area contributed by atoms with Crippen molar-refractivity contribution in [3.8, 4) is 0 Å². The van der Waals surface area contributed by atoms with Crippen molar-refractivity contribution >= 4 is 17.7 Å². The number of pyridine rings is 1. The van der Waals surface area contributed by atoms with Gasteiger partial charge in [-0.15, -0.1) is 0 Å². The molecule has 0 aliphatic carbocycles. The van der Waals surface area contributed by atoms with Gasteiger partial charge in [0.15, 0.2) is 5.76 Å². The van der Waals surface area contributed by atoms with Crippen LogP contribution in [-0.4, -0.2) is 27.1 Å². The number of hydrogen-bond donors (Lipinski definition) is 2. The van der Waals surface area contributed by atoms with E-state index in [9.17, 15) is 9.59 Å². The number of amides is 1. The summed E-state index contributed by atoms with van der Waals surface area (Å²) in [6.45, 7) is 5.45. The predicted octanol–water partition coefficient (Wildman–Crippen LogP) is 2.45. The van der Waals surface area contributed by atoms with Crippen molar-refractivity contribution < 1.29 is 19.2 Å². The summed E-state index contributed by atoms with van der Waals surface area (Å²) in [5, 5.41) is 15.3. The largest absolute Gasteiger partial charge is 0.478 e. The second-order valence-corrected chi connectivity index (χ2v) is 4.85. The highest BCUT2D eigenvalue weighted by atomic mass is 16.5. The number of hydrogen-bond acceptors (Lipinski definition) is 5. The number of carboxylic acids is 1. The van der Waals surface area contributed by atoms with Gasteiger partial charge in [-0.05, 0) is 19.1 Å². The van der Waals surface area contributed by atoms with Gasteiger partial charge in [0.05, 0.1) is 11.3 Å². The van der Waals surface area contributed by atoms with Crippen LogP contribution in [0.5, 0.6) is 0 Å². The summed E-state index contributed by atoms with van der Waals surface area (Å²) in [5.41, 5.74) is 0.879. The molecule has 0 fully saturated rings. The zero-order valence-electron chi connectivity index (χ0n) is 11.9. The Labute approximate surface area is 121 Å². The van der Waals surface area contributed by atoms with E-state index in [1.54, 1.807) is 6.92 Å². The van der Waals surface area contributed by atoms with Crippen LogP contribution in [0.25, 0.3) is 0 Å². The third-order valence-corrected chi connectivity index (χ3v) is 2.89. The molecule has 0 aliphatic rings. The smallest absolute Gasteiger partial charge is 0.335 e. The van der Waals surface area contributed by atoms with E-state index in [2.05, 4.69) is 15.5 Å². The standard InChI is InChI=1S/C14H15N3O4/c1-7(2)12-11(8(3)17-21-12)13(18)16-10-6-9(14(19)20)4-5-15-10/h4-7H,1-3H3,(H,19,20)(H,15,16,18). The van der Waals surface area contributed by atoms with E-state index in [4.69, 9.17) is 9.63 Å². The first-order chi connectivity index (χ1) is 9.90. The Morgan fingerprint density at radius 2 is 2.10 bits per heavy atom. The van der Waals surface area contributed by atoms with E-state index in [1.165, 1.54) is 18.3 Å². The van der Waals surface area contributed by atoms with E-state index in [0.717, 1.165) is 0 Å². The number of aryl methyl sites for hydroxylation is 1. The fraction of sp³-hybridized carbons (Fsp3) is 0.286. The summed E-state index contributed by atoms with van der Waals surface area (Å²) in [7, 11) is 0. The Kier molecular flexibility index (Phi) is 4.02. The minimum absolute atomic E-state index is 0.00487. The lowest BCUT2D eigenvalue weighted by Gasteiger charge is -2.07. The van der Waals surface area contributed by atoms with Crippen molar-refractivity contribution in [3.63, 3.8) is 0 Å². The molecule has 1 amide bonds. The predicted molar refractivity (Wildman–Crippen MR) is 74.5 cm³/mol. The molecule has 7 heteroatoms. The topological polar surface area (TPSA) is 105 Å². The maximum atomic E-state index is 12.3. The fourth-order valence-corrected chi connectivity index (χ4v) is 1.87. The monoisotopic (exact) mass is 289 g/mol. The molecule has 0 aliphatic heterocycles. The van der Waals surface area contributed by atoms with Gasteiger partial charge in [-0.25, -0.2) is 9.78 Å². The maximum absolute atomic E-state index is 12.3. The van der Waals surface area contributed by atoms with Crippen LogP contribution in [0.4, 0.5) is 5.82 Å². The number of carbonyl (C=O) groups is 2. The zero-order chi connectivity index (χ0) is 15.6. The van der Waals surface area contributed by atoms with Gasteiger partial charge in [0.25, 0.3) is 5.91 Å². The van der Waals surface area contributed by atoms with Crippen LogP contribution >= 0.6 is 0 Å². The van der Waals surface area contributed by atoms with Gasteiger partial charge in [0.1, 0.15) is 11.4 Å². The molecular formula is C14H15N3O4. The molecule has 2 heterocycles. The van der Waals surface area contributed by atoms with Crippen molar-refractivity contribution in [2.24, 2.45) is 0 Å². The average molecular weight is 289 g/mol. The first-order valence-corrected chi connectivity index (χ1v) is 6.37. The molecule has 21 heavy (non-hydrogen) atoms. The SMILES string of the molecule is Cc1noc(C(C)C)c1C(=O)Nc1cc(C(=O)O)ccn1. The summed E-state index contributed by atoms with van der Waals surface area (Å²) in [4.78, 5) is 27.1. The van der Waals surface area contributed by atoms with Gasteiger partial charge in [0.2, 0.25) is 0 Å². The number of anilines is 1. The third-order valence-electron chi connectivity index (χ3n) is 2.89. The van der Waals surface area contributed by atoms with Crippen LogP contribution in [0.2, 0.25) is 0 Å². The Balaban J connectivity index is 2.28. The number of aromatic carboxylic acids is 1. The molecule has 0 spiro atoms. The van der Waals surface area contributed by atoms with Crippen LogP contribution in [0.15, 0.2) is 22.9 Å². The summed E-state index contributed by atoms with van der Waals surface area (Å²) in [6, 6.07) is 2.64. The highest BCUT2D eigenvalue weighted by Crippen LogP contribution is 2.23. The quantitative estimate of drug-likeness (QED) is 0.895. The molecule has 0 aromatic carbocycles. The van der Waals surface area contributed by atoms with Gasteiger partial charge in [-0.3, -0.25) is 4.79 Å². The molecule has 2 rings (SSSR count). The highest BCUT2D eigenvalue weighted by Gasteiger charge is 2.23. The molecule has 0 atom stereocenters. The fourth-order valence-electron chi connectivity index (χ4n) is 1.87. The van der Waals surface area contributed by atoms with Gasteiger partial charge >= 0.3 is 5.97 Å². The number of nitrogens with one attached hydrogen (secondary N) is 1. The van der Waals surface area contributed by atoms with Gasteiger partial charge in [-0.2, -0.15) is 0 Å². The van der Waals surface area contributed by atoms with Gasteiger partial charge < -0.3 is 14.9 Å². The summed E-state index contributed by atoms with van der Waals surface area (Å²) in [6.07, 6.45) is 1.32. The molecule has 0 unspecified atom stereocenters. The second-order valence-electron chi connectivity index (χ2n) is 4.85. The summed E-state index contributed by atoms with van der Waals surface area (Å²) >= 11 is 0. The van der Waals surface area contributed by atoms with Crippen LogP contribution in [0.1, 0.15) is 51.9 Å². The maximum Gasteiger partial charge on any atom is 0.335 e. The van der Waals surface area contributed by atoms with Crippen molar-refractivity contribution in [2.45, 2.75) is 26.7 Å². The molecule has 2 aromatic heterocycles. The average Bonchev–Trinajstić information content (AvgIpc) is 2.81.